The number of carboxylic acids is 1. The summed E-state index contributed by atoms with van der Waals surface area (Å²) < 4.78 is 0. The molecular formula is C23H45NO4. The van der Waals surface area contributed by atoms with Gasteiger partial charge in [-0.25, -0.2) is 4.79 Å². The van der Waals surface area contributed by atoms with Crippen LogP contribution in [0.5, 0.6) is 0 Å². The van der Waals surface area contributed by atoms with E-state index in [0.29, 0.717) is 6.42 Å². The Bertz CT molecular complexity index is 374. The second-order valence-corrected chi connectivity index (χ2v) is 8.05. The monoisotopic (exact) mass is 399 g/mol. The Labute approximate surface area is 172 Å². The third-order valence-electron chi connectivity index (χ3n) is 5.32. The number of carbonyl (C=O) groups is 2. The highest BCUT2D eigenvalue weighted by Crippen LogP contribution is 2.14. The fourth-order valence-electron chi connectivity index (χ4n) is 3.46. The van der Waals surface area contributed by atoms with Crippen LogP contribution >= 0.6 is 0 Å². The molecule has 0 heterocycles. The lowest BCUT2D eigenvalue weighted by molar-refractivity contribution is -0.142. The topological polar surface area (TPSA) is 86.6 Å². The van der Waals surface area contributed by atoms with Crippen LogP contribution < -0.4 is 5.32 Å². The number of aliphatic hydroxyl groups excluding tert-OH is 1. The van der Waals surface area contributed by atoms with E-state index < -0.39 is 18.6 Å². The Morgan fingerprint density at radius 3 is 1.36 bits per heavy atom. The Kier molecular flexibility index (Phi) is 19.8. The Hall–Kier alpha value is -1.10. The van der Waals surface area contributed by atoms with E-state index in [4.69, 9.17) is 10.2 Å². The van der Waals surface area contributed by atoms with E-state index in [0.717, 1.165) is 19.3 Å². The van der Waals surface area contributed by atoms with Gasteiger partial charge in [0.15, 0.2) is 0 Å². The van der Waals surface area contributed by atoms with Crippen molar-refractivity contribution in [2.24, 2.45) is 0 Å². The van der Waals surface area contributed by atoms with Crippen LogP contribution in [0, 0.1) is 0 Å². The molecule has 0 aromatic carbocycles. The van der Waals surface area contributed by atoms with Crippen molar-refractivity contribution >= 4 is 11.9 Å². The van der Waals surface area contributed by atoms with E-state index >= 15 is 0 Å². The minimum Gasteiger partial charge on any atom is -0.480 e. The van der Waals surface area contributed by atoms with Crippen molar-refractivity contribution in [1.82, 2.24) is 5.32 Å². The second-order valence-electron chi connectivity index (χ2n) is 8.05. The molecule has 0 bridgehead atoms. The summed E-state index contributed by atoms with van der Waals surface area (Å²) in [4.78, 5) is 22.3. The summed E-state index contributed by atoms with van der Waals surface area (Å²) in [6.45, 7) is 1.70. The highest BCUT2D eigenvalue weighted by molar-refractivity contribution is 5.83. The molecule has 0 spiro atoms. The molecule has 1 amide bonds. The number of unbranched alkanes of at least 4 members (excludes halogenated alkanes) is 16. The molecule has 0 aromatic rings. The summed E-state index contributed by atoms with van der Waals surface area (Å²) in [7, 11) is 0. The van der Waals surface area contributed by atoms with Crippen LogP contribution in [-0.2, 0) is 9.59 Å². The van der Waals surface area contributed by atoms with Gasteiger partial charge in [-0.15, -0.1) is 0 Å². The first kappa shape index (κ1) is 26.9. The number of aliphatic carboxylic acids is 1. The van der Waals surface area contributed by atoms with Crippen LogP contribution in [0.2, 0.25) is 0 Å². The normalized spacial score (nSPS) is 12.1. The third-order valence-corrected chi connectivity index (χ3v) is 5.32. The molecule has 0 saturated carbocycles. The molecule has 5 heteroatoms. The lowest BCUT2D eigenvalue weighted by Crippen LogP contribution is -2.43. The van der Waals surface area contributed by atoms with Gasteiger partial charge < -0.3 is 15.5 Å². The van der Waals surface area contributed by atoms with Gasteiger partial charge >= 0.3 is 5.97 Å². The van der Waals surface area contributed by atoms with Gasteiger partial charge in [-0.2, -0.15) is 0 Å². The van der Waals surface area contributed by atoms with E-state index in [1.54, 1.807) is 0 Å². The van der Waals surface area contributed by atoms with Gasteiger partial charge in [0.05, 0.1) is 6.61 Å². The summed E-state index contributed by atoms with van der Waals surface area (Å²) in [6, 6.07) is -1.18. The number of hydrogen-bond donors (Lipinski definition) is 3. The summed E-state index contributed by atoms with van der Waals surface area (Å²) >= 11 is 0. The van der Waals surface area contributed by atoms with Crippen molar-refractivity contribution in [2.75, 3.05) is 6.61 Å². The van der Waals surface area contributed by atoms with Crippen LogP contribution in [0.1, 0.15) is 122 Å². The smallest absolute Gasteiger partial charge is 0.328 e. The van der Waals surface area contributed by atoms with E-state index in [2.05, 4.69) is 12.2 Å². The number of amides is 1. The number of nitrogens with one attached hydrogen (secondary N) is 1. The maximum Gasteiger partial charge on any atom is 0.328 e. The number of carbonyl (C=O) groups excluding carboxylic acids is 1. The van der Waals surface area contributed by atoms with Crippen LogP contribution in [0.15, 0.2) is 0 Å². The van der Waals surface area contributed by atoms with Gasteiger partial charge in [-0.1, -0.05) is 110 Å². The lowest BCUT2D eigenvalue weighted by Gasteiger charge is -2.11. The van der Waals surface area contributed by atoms with Crippen molar-refractivity contribution in [2.45, 2.75) is 129 Å². The third kappa shape index (κ3) is 18.3. The number of hydrogen-bond acceptors (Lipinski definition) is 3. The molecule has 0 aliphatic carbocycles. The zero-order chi connectivity index (χ0) is 20.9. The van der Waals surface area contributed by atoms with Crippen LogP contribution in [0.25, 0.3) is 0 Å². The predicted molar refractivity (Wildman–Crippen MR) is 115 cm³/mol. The fourth-order valence-corrected chi connectivity index (χ4v) is 3.46. The van der Waals surface area contributed by atoms with Gasteiger partial charge in [-0.05, 0) is 6.42 Å². The molecule has 0 aliphatic heterocycles. The van der Waals surface area contributed by atoms with E-state index in [1.165, 1.54) is 89.9 Å². The molecule has 3 N–H and O–H groups in total. The minimum absolute atomic E-state index is 0.289. The molecule has 0 aliphatic rings. The zero-order valence-corrected chi connectivity index (χ0v) is 18.2. The summed E-state index contributed by atoms with van der Waals surface area (Å²) in [6.07, 6.45) is 22.4. The second kappa shape index (κ2) is 20.6. The first-order valence-corrected chi connectivity index (χ1v) is 11.7. The quantitative estimate of drug-likeness (QED) is 0.220. The van der Waals surface area contributed by atoms with Crippen molar-refractivity contribution in [3.63, 3.8) is 0 Å². The van der Waals surface area contributed by atoms with Gasteiger partial charge in [0.25, 0.3) is 0 Å². The lowest BCUT2D eigenvalue weighted by atomic mass is 10.0. The molecule has 0 rings (SSSR count). The van der Waals surface area contributed by atoms with Crippen LogP contribution in [0.3, 0.4) is 0 Å². The van der Waals surface area contributed by atoms with E-state index in [-0.39, 0.29) is 5.91 Å². The van der Waals surface area contributed by atoms with Crippen molar-refractivity contribution in [1.29, 1.82) is 0 Å². The zero-order valence-electron chi connectivity index (χ0n) is 18.2. The van der Waals surface area contributed by atoms with E-state index in [9.17, 15) is 9.59 Å². The molecule has 5 nitrogen and oxygen atoms in total. The first-order valence-electron chi connectivity index (χ1n) is 11.7. The van der Waals surface area contributed by atoms with Crippen LogP contribution in [-0.4, -0.2) is 34.7 Å². The number of rotatable bonds is 21. The maximum absolute atomic E-state index is 11.6. The molecule has 0 radical (unpaired) electrons. The van der Waals surface area contributed by atoms with Crippen molar-refractivity contribution in [3.05, 3.63) is 0 Å². The number of carboxylic acid groups (broad SMARTS) is 1. The molecule has 0 aromatic heterocycles. The highest BCUT2D eigenvalue weighted by atomic mass is 16.4. The SMILES string of the molecule is CCCCCCCCCCCCCCCCCCCC(=O)N[C@@H](CO)C(=O)O. The molecule has 0 fully saturated rings. The highest BCUT2D eigenvalue weighted by Gasteiger charge is 2.17. The standard InChI is InChI=1S/C23H45NO4/c1-2-3-4-5-6-7-8-9-10-11-12-13-14-15-16-17-18-19-22(26)24-21(20-25)23(27)28/h21,25H,2-20H2,1H3,(H,24,26)(H,27,28)/t21-/m0/s1. The summed E-state index contributed by atoms with van der Waals surface area (Å²) in [5, 5.41) is 20.0. The maximum atomic E-state index is 11.6. The average Bonchev–Trinajstić information content (AvgIpc) is 2.68. The first-order chi connectivity index (χ1) is 13.6. The van der Waals surface area contributed by atoms with Gasteiger partial charge in [-0.3, -0.25) is 4.79 Å². The van der Waals surface area contributed by atoms with Gasteiger partial charge in [0.1, 0.15) is 6.04 Å². The predicted octanol–water partition coefficient (Wildman–Crippen LogP) is 5.59. The summed E-state index contributed by atoms with van der Waals surface area (Å²) in [5.74, 6) is -1.49. The Morgan fingerprint density at radius 1 is 0.679 bits per heavy atom. The van der Waals surface area contributed by atoms with E-state index in [1.807, 2.05) is 0 Å². The Balaban J connectivity index is 3.23. The van der Waals surface area contributed by atoms with Crippen LogP contribution in [0.4, 0.5) is 0 Å². The number of aliphatic hydroxyl groups is 1. The Morgan fingerprint density at radius 2 is 1.04 bits per heavy atom. The molecule has 1 atom stereocenters. The average molecular weight is 400 g/mol. The molecular weight excluding hydrogens is 354 g/mol. The molecule has 28 heavy (non-hydrogen) atoms. The molecule has 0 unspecified atom stereocenters. The minimum atomic E-state index is -1.20. The fraction of sp³-hybridized carbons (Fsp3) is 0.913. The van der Waals surface area contributed by atoms with Gasteiger partial charge in [0.2, 0.25) is 5.91 Å². The van der Waals surface area contributed by atoms with Crippen molar-refractivity contribution in [3.8, 4) is 0 Å². The molecule has 166 valence electrons. The van der Waals surface area contributed by atoms with Crippen molar-refractivity contribution < 1.29 is 19.8 Å². The largest absolute Gasteiger partial charge is 0.480 e. The molecule has 0 saturated heterocycles. The summed E-state index contributed by atoms with van der Waals surface area (Å²) in [5.41, 5.74) is 0. The van der Waals surface area contributed by atoms with Gasteiger partial charge in [0, 0.05) is 6.42 Å².